The van der Waals surface area contributed by atoms with Crippen molar-refractivity contribution in [3.8, 4) is 0 Å². The second-order valence-electron chi connectivity index (χ2n) is 4.26. The largest absolute Gasteiger partial charge is 0.368 e. The molecular formula is C13H13FN4O2S. The number of halogens is 1. The van der Waals surface area contributed by atoms with Crippen LogP contribution in [-0.2, 0) is 11.2 Å². The van der Waals surface area contributed by atoms with Gasteiger partial charge in [0, 0.05) is 0 Å². The monoisotopic (exact) mass is 308 g/mol. The highest BCUT2D eigenvalue weighted by Crippen LogP contribution is 2.17. The number of nitrogens with zero attached hydrogens (tertiary/aromatic N) is 2. The Morgan fingerprint density at radius 3 is 2.62 bits per heavy atom. The zero-order valence-electron chi connectivity index (χ0n) is 11.2. The summed E-state index contributed by atoms with van der Waals surface area (Å²) in [5, 5.41) is 6.36. The molecule has 2 rings (SSSR count). The number of carbonyl (C=O) groups excluding carboxylic acids is 2. The van der Waals surface area contributed by atoms with Crippen molar-refractivity contribution in [1.82, 2.24) is 14.9 Å². The minimum absolute atomic E-state index is 0.339. The van der Waals surface area contributed by atoms with E-state index in [9.17, 15) is 14.0 Å². The van der Waals surface area contributed by atoms with E-state index in [1.807, 2.05) is 6.92 Å². The lowest BCUT2D eigenvalue weighted by Gasteiger charge is -2.15. The molecule has 0 aliphatic rings. The molecule has 1 atom stereocenters. The smallest absolute Gasteiger partial charge is 0.265 e. The first kappa shape index (κ1) is 15.0. The van der Waals surface area contributed by atoms with Gasteiger partial charge in [0.1, 0.15) is 16.7 Å². The summed E-state index contributed by atoms with van der Waals surface area (Å²) in [6.45, 7) is 1.85. The number of nitrogens with two attached hydrogens (primary N) is 1. The van der Waals surface area contributed by atoms with Crippen LogP contribution < -0.4 is 11.1 Å². The number of aryl methyl sites for hydroxylation is 1. The first-order chi connectivity index (χ1) is 10.0. The second-order valence-corrected chi connectivity index (χ2v) is 5.02. The zero-order valence-corrected chi connectivity index (χ0v) is 12.0. The van der Waals surface area contributed by atoms with E-state index in [0.29, 0.717) is 22.6 Å². The molecule has 0 spiro atoms. The van der Waals surface area contributed by atoms with E-state index >= 15 is 0 Å². The molecule has 0 bridgehead atoms. The van der Waals surface area contributed by atoms with Crippen LogP contribution in [0.15, 0.2) is 24.3 Å². The van der Waals surface area contributed by atoms with Crippen molar-refractivity contribution >= 4 is 23.3 Å². The molecule has 0 unspecified atom stereocenters. The molecule has 6 nitrogen and oxygen atoms in total. The van der Waals surface area contributed by atoms with E-state index < -0.39 is 23.7 Å². The molecule has 0 fully saturated rings. The summed E-state index contributed by atoms with van der Waals surface area (Å²) in [5.74, 6) is -1.64. The number of rotatable bonds is 5. The van der Waals surface area contributed by atoms with Crippen molar-refractivity contribution in [2.45, 2.75) is 19.4 Å². The Labute approximate surface area is 124 Å². The molecule has 1 aromatic carbocycles. The van der Waals surface area contributed by atoms with Gasteiger partial charge in [-0.05, 0) is 35.6 Å². The second kappa shape index (κ2) is 6.40. The van der Waals surface area contributed by atoms with E-state index in [-0.39, 0.29) is 0 Å². The Hall–Kier alpha value is -2.35. The summed E-state index contributed by atoms with van der Waals surface area (Å²) in [5.41, 5.74) is 6.27. The summed E-state index contributed by atoms with van der Waals surface area (Å²) in [6, 6.07) is 4.16. The van der Waals surface area contributed by atoms with Gasteiger partial charge in [0.15, 0.2) is 0 Å². The minimum Gasteiger partial charge on any atom is -0.368 e. The van der Waals surface area contributed by atoms with Gasteiger partial charge in [-0.25, -0.2) is 4.39 Å². The van der Waals surface area contributed by atoms with Crippen molar-refractivity contribution in [2.75, 3.05) is 0 Å². The molecule has 1 aromatic heterocycles. The fourth-order valence-electron chi connectivity index (χ4n) is 1.78. The number of hydrogen-bond acceptors (Lipinski definition) is 5. The van der Waals surface area contributed by atoms with Crippen molar-refractivity contribution in [2.24, 2.45) is 5.73 Å². The lowest BCUT2D eigenvalue weighted by atomic mass is 10.1. The van der Waals surface area contributed by atoms with Gasteiger partial charge in [-0.2, -0.15) is 0 Å². The van der Waals surface area contributed by atoms with Crippen LogP contribution in [-0.4, -0.2) is 21.4 Å². The van der Waals surface area contributed by atoms with E-state index in [1.54, 1.807) is 0 Å². The Kier molecular flexibility index (Phi) is 4.59. The third-order valence-corrected chi connectivity index (χ3v) is 3.63. The lowest BCUT2D eigenvalue weighted by molar-refractivity contribution is -0.120. The molecule has 110 valence electrons. The maximum atomic E-state index is 12.9. The highest BCUT2D eigenvalue weighted by atomic mass is 32.1. The third-order valence-electron chi connectivity index (χ3n) is 2.86. The molecule has 0 saturated carbocycles. The van der Waals surface area contributed by atoms with Crippen molar-refractivity contribution in [1.29, 1.82) is 0 Å². The predicted octanol–water partition coefficient (Wildman–Crippen LogP) is 1.20. The Morgan fingerprint density at radius 2 is 2.05 bits per heavy atom. The molecule has 0 saturated heterocycles. The van der Waals surface area contributed by atoms with Gasteiger partial charge in [-0.15, -0.1) is 5.10 Å². The average Bonchev–Trinajstić information content (AvgIpc) is 2.94. The minimum atomic E-state index is -1.04. The van der Waals surface area contributed by atoms with E-state index in [2.05, 4.69) is 14.9 Å². The van der Waals surface area contributed by atoms with Crippen LogP contribution in [0.1, 0.15) is 33.9 Å². The predicted molar refractivity (Wildman–Crippen MR) is 75.1 cm³/mol. The Balaban J connectivity index is 2.23. The third kappa shape index (κ3) is 3.40. The van der Waals surface area contributed by atoms with Crippen LogP contribution >= 0.6 is 11.5 Å². The Bertz CT molecular complexity index is 656. The number of carbonyl (C=O) groups is 2. The Morgan fingerprint density at radius 1 is 1.38 bits per heavy atom. The van der Waals surface area contributed by atoms with Crippen LogP contribution in [0.4, 0.5) is 4.39 Å². The number of amides is 2. The SMILES string of the molecule is CCc1nnsc1C(=O)N[C@H](C(N)=O)c1ccc(F)cc1. The normalized spacial score (nSPS) is 11.9. The van der Waals surface area contributed by atoms with Gasteiger partial charge in [-0.3, -0.25) is 9.59 Å². The van der Waals surface area contributed by atoms with E-state index in [1.165, 1.54) is 24.3 Å². The van der Waals surface area contributed by atoms with Gasteiger partial charge in [-0.1, -0.05) is 23.5 Å². The fourth-order valence-corrected chi connectivity index (χ4v) is 2.44. The number of nitrogens with one attached hydrogen (secondary N) is 1. The van der Waals surface area contributed by atoms with E-state index in [4.69, 9.17) is 5.73 Å². The van der Waals surface area contributed by atoms with Crippen LogP contribution in [0.5, 0.6) is 0 Å². The molecular weight excluding hydrogens is 295 g/mol. The first-order valence-corrected chi connectivity index (χ1v) is 6.97. The quantitative estimate of drug-likeness (QED) is 0.867. The maximum absolute atomic E-state index is 12.9. The molecule has 1 heterocycles. The molecule has 0 radical (unpaired) electrons. The summed E-state index contributed by atoms with van der Waals surface area (Å²) < 4.78 is 16.6. The molecule has 3 N–H and O–H groups in total. The van der Waals surface area contributed by atoms with Gasteiger partial charge in [0.05, 0.1) is 5.69 Å². The van der Waals surface area contributed by atoms with E-state index in [0.717, 1.165) is 11.5 Å². The average molecular weight is 308 g/mol. The van der Waals surface area contributed by atoms with Gasteiger partial charge in [0.25, 0.3) is 5.91 Å². The summed E-state index contributed by atoms with van der Waals surface area (Å²) in [7, 11) is 0. The molecule has 2 amide bonds. The van der Waals surface area contributed by atoms with Gasteiger partial charge >= 0.3 is 0 Å². The first-order valence-electron chi connectivity index (χ1n) is 6.19. The molecule has 2 aromatic rings. The van der Waals surface area contributed by atoms with Gasteiger partial charge in [0.2, 0.25) is 5.91 Å². The number of aromatic nitrogens is 2. The van der Waals surface area contributed by atoms with Crippen LogP contribution in [0.25, 0.3) is 0 Å². The maximum Gasteiger partial charge on any atom is 0.265 e. The summed E-state index contributed by atoms with van der Waals surface area (Å²) in [6.07, 6.45) is 0.553. The van der Waals surface area contributed by atoms with Crippen LogP contribution in [0, 0.1) is 5.82 Å². The highest BCUT2D eigenvalue weighted by molar-refractivity contribution is 7.08. The van der Waals surface area contributed by atoms with Gasteiger partial charge < -0.3 is 11.1 Å². The molecule has 8 heteroatoms. The van der Waals surface area contributed by atoms with Crippen molar-refractivity contribution in [3.05, 3.63) is 46.2 Å². The fraction of sp³-hybridized carbons (Fsp3) is 0.231. The van der Waals surface area contributed by atoms with Crippen molar-refractivity contribution in [3.63, 3.8) is 0 Å². The lowest BCUT2D eigenvalue weighted by Crippen LogP contribution is -2.37. The number of hydrogen-bond donors (Lipinski definition) is 2. The molecule has 21 heavy (non-hydrogen) atoms. The summed E-state index contributed by atoms with van der Waals surface area (Å²) >= 11 is 0.948. The highest BCUT2D eigenvalue weighted by Gasteiger charge is 2.23. The molecule has 0 aliphatic carbocycles. The number of benzene rings is 1. The zero-order chi connectivity index (χ0) is 15.4. The van der Waals surface area contributed by atoms with Crippen LogP contribution in [0.2, 0.25) is 0 Å². The standard InChI is InChI=1S/C13H13FN4O2S/c1-2-9-11(21-18-17-9)13(20)16-10(12(15)19)7-3-5-8(14)6-4-7/h3-6,10H,2H2,1H3,(H2,15,19)(H,16,20)/t10-/m0/s1. The molecule has 0 aliphatic heterocycles. The van der Waals surface area contributed by atoms with Crippen LogP contribution in [0.3, 0.4) is 0 Å². The number of primary amides is 1. The summed E-state index contributed by atoms with van der Waals surface area (Å²) in [4.78, 5) is 24.0. The van der Waals surface area contributed by atoms with Crippen molar-refractivity contribution < 1.29 is 14.0 Å². The topological polar surface area (TPSA) is 98.0 Å².